The van der Waals surface area contributed by atoms with Crippen LogP contribution in [-0.4, -0.2) is 17.4 Å². The van der Waals surface area contributed by atoms with Gasteiger partial charge in [0.1, 0.15) is 0 Å². The average molecular weight is 259 g/mol. The Balaban J connectivity index is 2.37. The van der Waals surface area contributed by atoms with Crippen molar-refractivity contribution in [3.63, 3.8) is 0 Å². The lowest BCUT2D eigenvalue weighted by Crippen LogP contribution is -2.14. The summed E-state index contributed by atoms with van der Waals surface area (Å²) in [6.07, 6.45) is 2.17. The summed E-state index contributed by atoms with van der Waals surface area (Å²) in [4.78, 5) is 11.4. The fourth-order valence-electron chi connectivity index (χ4n) is 1.18. The van der Waals surface area contributed by atoms with Crippen molar-refractivity contribution in [2.75, 3.05) is 16.8 Å². The smallest absolute Gasteiger partial charge is 0.234 e. The molecule has 0 spiro atoms. The number of benzene rings is 1. The van der Waals surface area contributed by atoms with E-state index in [4.69, 9.17) is 0 Å². The monoisotopic (exact) mass is 259 g/mol. The maximum absolute atomic E-state index is 12.9. The maximum atomic E-state index is 12.9. The summed E-state index contributed by atoms with van der Waals surface area (Å²) < 4.78 is 25.5. The number of halogens is 2. The van der Waals surface area contributed by atoms with Crippen molar-refractivity contribution < 1.29 is 13.6 Å². The van der Waals surface area contributed by atoms with Crippen LogP contribution in [0.15, 0.2) is 18.2 Å². The van der Waals surface area contributed by atoms with Gasteiger partial charge >= 0.3 is 0 Å². The molecule has 0 aliphatic heterocycles. The molecule has 1 rings (SSSR count). The second kappa shape index (κ2) is 7.27. The summed E-state index contributed by atoms with van der Waals surface area (Å²) in [7, 11) is 0. The summed E-state index contributed by atoms with van der Waals surface area (Å²) in [6.45, 7) is 2.09. The minimum absolute atomic E-state index is 0.197. The Labute approximate surface area is 104 Å². The van der Waals surface area contributed by atoms with E-state index in [1.807, 2.05) is 0 Å². The van der Waals surface area contributed by atoms with Gasteiger partial charge in [0.15, 0.2) is 11.6 Å². The molecule has 17 heavy (non-hydrogen) atoms. The van der Waals surface area contributed by atoms with Crippen molar-refractivity contribution in [1.82, 2.24) is 0 Å². The predicted molar refractivity (Wildman–Crippen MR) is 67.2 cm³/mol. The minimum atomic E-state index is -0.957. The maximum Gasteiger partial charge on any atom is 0.234 e. The highest BCUT2D eigenvalue weighted by Crippen LogP contribution is 2.13. The molecule has 5 heteroatoms. The van der Waals surface area contributed by atoms with Crippen molar-refractivity contribution in [1.29, 1.82) is 0 Å². The molecule has 0 saturated carbocycles. The van der Waals surface area contributed by atoms with E-state index in [0.29, 0.717) is 5.75 Å². The van der Waals surface area contributed by atoms with E-state index in [0.717, 1.165) is 30.7 Å². The SMILES string of the molecule is CCCCSCC(=O)Nc1ccc(F)c(F)c1. The van der Waals surface area contributed by atoms with Gasteiger partial charge in [-0.1, -0.05) is 13.3 Å². The number of carbonyl (C=O) groups excluding carboxylic acids is 1. The quantitative estimate of drug-likeness (QED) is 0.793. The highest BCUT2D eigenvalue weighted by molar-refractivity contribution is 7.99. The van der Waals surface area contributed by atoms with Gasteiger partial charge in [0, 0.05) is 11.8 Å². The lowest BCUT2D eigenvalue weighted by Gasteiger charge is -2.05. The molecule has 0 atom stereocenters. The summed E-state index contributed by atoms with van der Waals surface area (Å²) in [5.41, 5.74) is 0.282. The van der Waals surface area contributed by atoms with Gasteiger partial charge in [-0.05, 0) is 24.3 Å². The molecular formula is C12H15F2NOS. The zero-order valence-corrected chi connectivity index (χ0v) is 10.4. The fourth-order valence-corrected chi connectivity index (χ4v) is 2.08. The van der Waals surface area contributed by atoms with E-state index < -0.39 is 11.6 Å². The van der Waals surface area contributed by atoms with Crippen LogP contribution in [0.5, 0.6) is 0 Å². The normalized spacial score (nSPS) is 10.3. The van der Waals surface area contributed by atoms with Crippen molar-refractivity contribution in [3.05, 3.63) is 29.8 Å². The van der Waals surface area contributed by atoms with Crippen LogP contribution in [0.1, 0.15) is 19.8 Å². The van der Waals surface area contributed by atoms with E-state index in [2.05, 4.69) is 12.2 Å². The van der Waals surface area contributed by atoms with Crippen LogP contribution in [0, 0.1) is 11.6 Å². The third-order valence-corrected chi connectivity index (χ3v) is 3.12. The fraction of sp³-hybridized carbons (Fsp3) is 0.417. The van der Waals surface area contributed by atoms with Gasteiger partial charge in [-0.25, -0.2) is 8.78 Å². The van der Waals surface area contributed by atoms with Gasteiger partial charge in [-0.3, -0.25) is 4.79 Å². The molecule has 0 saturated heterocycles. The largest absolute Gasteiger partial charge is 0.325 e. The first-order valence-corrected chi connectivity index (χ1v) is 6.61. The molecule has 0 heterocycles. The Morgan fingerprint density at radius 2 is 2.12 bits per heavy atom. The molecule has 1 N–H and O–H groups in total. The molecule has 0 aliphatic carbocycles. The first-order chi connectivity index (χ1) is 8.13. The van der Waals surface area contributed by atoms with Crippen molar-refractivity contribution in [2.45, 2.75) is 19.8 Å². The highest BCUT2D eigenvalue weighted by atomic mass is 32.2. The van der Waals surface area contributed by atoms with Crippen LogP contribution in [-0.2, 0) is 4.79 Å². The van der Waals surface area contributed by atoms with E-state index in [1.165, 1.54) is 17.8 Å². The van der Waals surface area contributed by atoms with Gasteiger partial charge in [0.25, 0.3) is 0 Å². The number of carbonyl (C=O) groups is 1. The summed E-state index contributed by atoms with van der Waals surface area (Å²) in [5.74, 6) is -0.806. The van der Waals surface area contributed by atoms with E-state index >= 15 is 0 Å². The van der Waals surface area contributed by atoms with Crippen LogP contribution in [0.3, 0.4) is 0 Å². The van der Waals surface area contributed by atoms with Crippen LogP contribution < -0.4 is 5.32 Å². The second-order valence-corrected chi connectivity index (χ2v) is 4.69. The Bertz CT molecular complexity index is 385. The molecule has 1 aromatic rings. The summed E-state index contributed by atoms with van der Waals surface area (Å²) >= 11 is 1.53. The Morgan fingerprint density at radius 1 is 1.35 bits per heavy atom. The molecule has 94 valence electrons. The van der Waals surface area contributed by atoms with E-state index in [9.17, 15) is 13.6 Å². The molecule has 0 bridgehead atoms. The third-order valence-electron chi connectivity index (χ3n) is 2.08. The number of hydrogen-bond donors (Lipinski definition) is 1. The van der Waals surface area contributed by atoms with Crippen LogP contribution in [0.25, 0.3) is 0 Å². The Hall–Kier alpha value is -1.10. The van der Waals surface area contributed by atoms with Crippen molar-refractivity contribution in [2.24, 2.45) is 0 Å². The number of thioether (sulfide) groups is 1. The van der Waals surface area contributed by atoms with Crippen LogP contribution in [0.4, 0.5) is 14.5 Å². The standard InChI is InChI=1S/C12H15F2NOS/c1-2-3-6-17-8-12(16)15-9-4-5-10(13)11(14)7-9/h4-5,7H,2-3,6,8H2,1H3,(H,15,16). The first-order valence-electron chi connectivity index (χ1n) is 5.46. The van der Waals surface area contributed by atoms with Gasteiger partial charge in [0.05, 0.1) is 5.75 Å². The van der Waals surface area contributed by atoms with Gasteiger partial charge in [-0.2, -0.15) is 11.8 Å². The molecule has 0 aliphatic rings. The van der Waals surface area contributed by atoms with Gasteiger partial charge < -0.3 is 5.32 Å². The van der Waals surface area contributed by atoms with Crippen LogP contribution >= 0.6 is 11.8 Å². The molecule has 0 unspecified atom stereocenters. The summed E-state index contributed by atoms with van der Waals surface area (Å²) in [6, 6.07) is 3.31. The molecule has 0 fully saturated rings. The lowest BCUT2D eigenvalue weighted by atomic mass is 10.3. The van der Waals surface area contributed by atoms with Crippen LogP contribution in [0.2, 0.25) is 0 Å². The molecule has 2 nitrogen and oxygen atoms in total. The molecule has 1 amide bonds. The lowest BCUT2D eigenvalue weighted by molar-refractivity contribution is -0.113. The van der Waals surface area contributed by atoms with E-state index in [-0.39, 0.29) is 11.6 Å². The topological polar surface area (TPSA) is 29.1 Å². The molecule has 0 aromatic heterocycles. The zero-order chi connectivity index (χ0) is 12.7. The number of rotatable bonds is 6. The number of anilines is 1. The van der Waals surface area contributed by atoms with Gasteiger partial charge in [0.2, 0.25) is 5.91 Å². The predicted octanol–water partition coefficient (Wildman–Crippen LogP) is 3.44. The highest BCUT2D eigenvalue weighted by Gasteiger charge is 2.05. The van der Waals surface area contributed by atoms with E-state index in [1.54, 1.807) is 0 Å². The average Bonchev–Trinajstić information content (AvgIpc) is 2.30. The number of nitrogens with one attached hydrogen (secondary N) is 1. The number of hydrogen-bond acceptors (Lipinski definition) is 2. The second-order valence-electron chi connectivity index (χ2n) is 3.58. The number of amides is 1. The Morgan fingerprint density at radius 3 is 2.76 bits per heavy atom. The third kappa shape index (κ3) is 5.17. The van der Waals surface area contributed by atoms with Gasteiger partial charge in [-0.15, -0.1) is 0 Å². The molecule has 0 radical (unpaired) electrons. The van der Waals surface area contributed by atoms with Crippen molar-refractivity contribution >= 4 is 23.4 Å². The molecular weight excluding hydrogens is 244 g/mol. The first kappa shape index (κ1) is 14.0. The Kier molecular flexibility index (Phi) is 5.97. The molecule has 1 aromatic carbocycles. The number of unbranched alkanes of at least 4 members (excludes halogenated alkanes) is 1. The van der Waals surface area contributed by atoms with Crippen molar-refractivity contribution in [3.8, 4) is 0 Å². The zero-order valence-electron chi connectivity index (χ0n) is 9.63. The minimum Gasteiger partial charge on any atom is -0.325 e. The summed E-state index contributed by atoms with van der Waals surface area (Å²) in [5, 5.41) is 2.52.